The van der Waals surface area contributed by atoms with Crippen molar-refractivity contribution in [3.05, 3.63) is 28.2 Å². The molecule has 0 bridgehead atoms. The van der Waals surface area contributed by atoms with E-state index in [-0.39, 0.29) is 6.04 Å². The van der Waals surface area contributed by atoms with E-state index in [2.05, 4.69) is 15.9 Å². The van der Waals surface area contributed by atoms with Crippen LogP contribution in [0.1, 0.15) is 30.9 Å². The summed E-state index contributed by atoms with van der Waals surface area (Å²) in [6, 6.07) is 5.91. The molecule has 1 rings (SSSR count). The SMILES string of the molecule is COc1ccc(Br)c([C@@H](N)CCCCN)c1. The number of rotatable bonds is 6. The quantitative estimate of drug-likeness (QED) is 0.790. The summed E-state index contributed by atoms with van der Waals surface area (Å²) in [5.41, 5.74) is 12.7. The molecular formula is C12H19BrN2O. The van der Waals surface area contributed by atoms with Crippen LogP contribution >= 0.6 is 15.9 Å². The van der Waals surface area contributed by atoms with Gasteiger partial charge in [-0.3, -0.25) is 0 Å². The van der Waals surface area contributed by atoms with Gasteiger partial charge in [0.2, 0.25) is 0 Å². The molecule has 0 amide bonds. The average Bonchev–Trinajstić information content (AvgIpc) is 2.30. The van der Waals surface area contributed by atoms with Gasteiger partial charge in [0.05, 0.1) is 7.11 Å². The Morgan fingerprint density at radius 2 is 2.12 bits per heavy atom. The highest BCUT2D eigenvalue weighted by atomic mass is 79.9. The Morgan fingerprint density at radius 3 is 2.75 bits per heavy atom. The van der Waals surface area contributed by atoms with Gasteiger partial charge in [0.25, 0.3) is 0 Å². The maximum absolute atomic E-state index is 6.13. The number of hydrogen-bond acceptors (Lipinski definition) is 3. The lowest BCUT2D eigenvalue weighted by Gasteiger charge is -2.14. The third kappa shape index (κ3) is 3.77. The van der Waals surface area contributed by atoms with Crippen molar-refractivity contribution in [2.45, 2.75) is 25.3 Å². The third-order valence-electron chi connectivity index (χ3n) is 2.57. The minimum atomic E-state index is 0.0380. The highest BCUT2D eigenvalue weighted by Crippen LogP contribution is 2.28. The van der Waals surface area contributed by atoms with E-state index in [1.165, 1.54) is 0 Å². The van der Waals surface area contributed by atoms with Crippen LogP contribution in [0.3, 0.4) is 0 Å². The molecule has 0 aliphatic rings. The molecule has 0 heterocycles. The van der Waals surface area contributed by atoms with Crippen molar-refractivity contribution in [1.29, 1.82) is 0 Å². The zero-order chi connectivity index (χ0) is 12.0. The van der Waals surface area contributed by atoms with Crippen LogP contribution in [0.15, 0.2) is 22.7 Å². The molecule has 1 aromatic rings. The summed E-state index contributed by atoms with van der Waals surface area (Å²) in [5.74, 6) is 0.840. The third-order valence-corrected chi connectivity index (χ3v) is 3.29. The van der Waals surface area contributed by atoms with E-state index < -0.39 is 0 Å². The van der Waals surface area contributed by atoms with E-state index in [0.717, 1.165) is 41.6 Å². The fraction of sp³-hybridized carbons (Fsp3) is 0.500. The van der Waals surface area contributed by atoms with Crippen molar-refractivity contribution < 1.29 is 4.74 Å². The lowest BCUT2D eigenvalue weighted by Crippen LogP contribution is -2.12. The first kappa shape index (κ1) is 13.5. The predicted octanol–water partition coefficient (Wildman–Crippen LogP) is 2.59. The minimum absolute atomic E-state index is 0.0380. The molecule has 1 atom stereocenters. The highest BCUT2D eigenvalue weighted by Gasteiger charge is 2.10. The summed E-state index contributed by atoms with van der Waals surface area (Å²) in [6.07, 6.45) is 3.03. The fourth-order valence-corrected chi connectivity index (χ4v) is 2.14. The second-order valence-electron chi connectivity index (χ2n) is 3.78. The summed E-state index contributed by atoms with van der Waals surface area (Å²) in [7, 11) is 1.66. The predicted molar refractivity (Wildman–Crippen MR) is 70.5 cm³/mol. The van der Waals surface area contributed by atoms with E-state index in [1.54, 1.807) is 7.11 Å². The topological polar surface area (TPSA) is 61.3 Å². The molecule has 0 aromatic heterocycles. The van der Waals surface area contributed by atoms with Crippen LogP contribution in [0, 0.1) is 0 Å². The summed E-state index contributed by atoms with van der Waals surface area (Å²) in [6.45, 7) is 0.728. The molecule has 16 heavy (non-hydrogen) atoms. The van der Waals surface area contributed by atoms with Crippen LogP contribution in [-0.4, -0.2) is 13.7 Å². The molecule has 0 spiro atoms. The molecule has 0 saturated heterocycles. The smallest absolute Gasteiger partial charge is 0.119 e. The molecule has 0 fully saturated rings. The Kier molecular flexibility index (Phi) is 5.80. The number of halogens is 1. The van der Waals surface area contributed by atoms with E-state index in [1.807, 2.05) is 18.2 Å². The van der Waals surface area contributed by atoms with Gasteiger partial charge in [-0.2, -0.15) is 0 Å². The summed E-state index contributed by atoms with van der Waals surface area (Å²) in [5, 5.41) is 0. The van der Waals surface area contributed by atoms with Gasteiger partial charge in [0, 0.05) is 10.5 Å². The van der Waals surface area contributed by atoms with E-state index in [9.17, 15) is 0 Å². The molecule has 0 aliphatic carbocycles. The second kappa shape index (κ2) is 6.89. The summed E-state index contributed by atoms with van der Waals surface area (Å²) >= 11 is 3.51. The zero-order valence-corrected chi connectivity index (χ0v) is 11.2. The number of methoxy groups -OCH3 is 1. The number of unbranched alkanes of at least 4 members (excludes halogenated alkanes) is 1. The average molecular weight is 287 g/mol. The van der Waals surface area contributed by atoms with Crippen LogP contribution in [0.25, 0.3) is 0 Å². The number of benzene rings is 1. The maximum Gasteiger partial charge on any atom is 0.119 e. The lowest BCUT2D eigenvalue weighted by molar-refractivity contribution is 0.413. The van der Waals surface area contributed by atoms with Gasteiger partial charge >= 0.3 is 0 Å². The van der Waals surface area contributed by atoms with Crippen molar-refractivity contribution in [2.24, 2.45) is 11.5 Å². The van der Waals surface area contributed by atoms with Crippen LogP contribution in [-0.2, 0) is 0 Å². The van der Waals surface area contributed by atoms with Crippen LogP contribution in [0.4, 0.5) is 0 Å². The molecule has 0 radical (unpaired) electrons. The van der Waals surface area contributed by atoms with Gasteiger partial charge < -0.3 is 16.2 Å². The number of ether oxygens (including phenoxy) is 1. The van der Waals surface area contributed by atoms with Crippen LogP contribution in [0.2, 0.25) is 0 Å². The molecule has 0 aliphatic heterocycles. The van der Waals surface area contributed by atoms with Crippen LogP contribution < -0.4 is 16.2 Å². The Balaban J connectivity index is 2.69. The molecule has 3 nitrogen and oxygen atoms in total. The Morgan fingerprint density at radius 1 is 1.38 bits per heavy atom. The van der Waals surface area contributed by atoms with Gasteiger partial charge in [0.15, 0.2) is 0 Å². The first-order valence-electron chi connectivity index (χ1n) is 5.48. The van der Waals surface area contributed by atoms with Gasteiger partial charge in [-0.05, 0) is 43.1 Å². The van der Waals surface area contributed by atoms with Crippen molar-refractivity contribution in [3.63, 3.8) is 0 Å². The number of hydrogen-bond donors (Lipinski definition) is 2. The fourth-order valence-electron chi connectivity index (χ4n) is 1.60. The second-order valence-corrected chi connectivity index (χ2v) is 4.63. The van der Waals surface area contributed by atoms with Gasteiger partial charge in [0.1, 0.15) is 5.75 Å². The van der Waals surface area contributed by atoms with Crippen molar-refractivity contribution in [3.8, 4) is 5.75 Å². The number of nitrogens with two attached hydrogens (primary N) is 2. The summed E-state index contributed by atoms with van der Waals surface area (Å²) < 4.78 is 6.22. The van der Waals surface area contributed by atoms with Gasteiger partial charge in [-0.1, -0.05) is 22.4 Å². The van der Waals surface area contributed by atoms with Gasteiger partial charge in [-0.25, -0.2) is 0 Å². The summed E-state index contributed by atoms with van der Waals surface area (Å²) in [4.78, 5) is 0. The standard InChI is InChI=1S/C12H19BrN2O/c1-16-9-5-6-11(13)10(8-9)12(15)4-2-3-7-14/h5-6,8,12H,2-4,7,14-15H2,1H3/t12-/m0/s1. The molecule has 0 unspecified atom stereocenters. The normalized spacial score (nSPS) is 12.5. The Bertz CT molecular complexity index is 331. The Labute approximate surface area is 105 Å². The molecule has 4 heteroatoms. The van der Waals surface area contributed by atoms with Gasteiger partial charge in [-0.15, -0.1) is 0 Å². The Hall–Kier alpha value is -0.580. The first-order valence-corrected chi connectivity index (χ1v) is 6.27. The van der Waals surface area contributed by atoms with E-state index >= 15 is 0 Å². The maximum atomic E-state index is 6.13. The highest BCUT2D eigenvalue weighted by molar-refractivity contribution is 9.10. The minimum Gasteiger partial charge on any atom is -0.497 e. The first-order chi connectivity index (χ1) is 7.69. The largest absolute Gasteiger partial charge is 0.497 e. The zero-order valence-electron chi connectivity index (χ0n) is 9.58. The lowest BCUT2D eigenvalue weighted by atomic mass is 10.0. The molecule has 90 valence electrons. The van der Waals surface area contributed by atoms with Crippen molar-refractivity contribution in [1.82, 2.24) is 0 Å². The monoisotopic (exact) mass is 286 g/mol. The molecule has 0 saturated carbocycles. The van der Waals surface area contributed by atoms with Crippen molar-refractivity contribution in [2.75, 3.05) is 13.7 Å². The van der Waals surface area contributed by atoms with Crippen molar-refractivity contribution >= 4 is 15.9 Å². The molecule has 1 aromatic carbocycles. The van der Waals surface area contributed by atoms with E-state index in [0.29, 0.717) is 0 Å². The van der Waals surface area contributed by atoms with Crippen LogP contribution in [0.5, 0.6) is 5.75 Å². The molecular weight excluding hydrogens is 268 g/mol. The molecule has 4 N–H and O–H groups in total. The van der Waals surface area contributed by atoms with E-state index in [4.69, 9.17) is 16.2 Å².